The van der Waals surface area contributed by atoms with Gasteiger partial charge < -0.3 is 10.4 Å². The van der Waals surface area contributed by atoms with Crippen LogP contribution in [0.25, 0.3) is 0 Å². The second-order valence-corrected chi connectivity index (χ2v) is 4.95. The van der Waals surface area contributed by atoms with Gasteiger partial charge in [0.25, 0.3) is 0 Å². The highest BCUT2D eigenvalue weighted by Crippen LogP contribution is 2.38. The van der Waals surface area contributed by atoms with Crippen molar-refractivity contribution in [3.63, 3.8) is 0 Å². The Labute approximate surface area is 92.9 Å². The van der Waals surface area contributed by atoms with Crippen molar-refractivity contribution in [3.05, 3.63) is 23.3 Å². The lowest BCUT2D eigenvalue weighted by molar-refractivity contribution is -0.136. The van der Waals surface area contributed by atoms with Gasteiger partial charge in [0.2, 0.25) is 0 Å². The molecule has 0 radical (unpaired) electrons. The molecule has 0 saturated carbocycles. The number of carboxylic acid groups (broad SMARTS) is 1. The summed E-state index contributed by atoms with van der Waals surface area (Å²) in [5.41, 5.74) is 3.54. The van der Waals surface area contributed by atoms with E-state index < -0.39 is 5.97 Å². The van der Waals surface area contributed by atoms with Crippen LogP contribution in [0.1, 0.15) is 11.1 Å². The summed E-state index contributed by atoms with van der Waals surface area (Å²) in [6.45, 7) is 4.62. The number of carboxylic acids is 1. The zero-order valence-electron chi connectivity index (χ0n) is 8.70. The highest BCUT2D eigenvalue weighted by molar-refractivity contribution is 8.00. The quantitative estimate of drug-likeness (QED) is 0.767. The second kappa shape index (κ2) is 3.77. The van der Waals surface area contributed by atoms with Gasteiger partial charge >= 0.3 is 5.97 Å². The van der Waals surface area contributed by atoms with Crippen LogP contribution in [0.4, 0.5) is 5.69 Å². The van der Waals surface area contributed by atoms with Gasteiger partial charge in [0, 0.05) is 11.4 Å². The van der Waals surface area contributed by atoms with Crippen LogP contribution in [0.5, 0.6) is 0 Å². The summed E-state index contributed by atoms with van der Waals surface area (Å²) in [5.74, 6) is -0.753. The molecule has 1 unspecified atom stereocenters. The predicted molar refractivity (Wildman–Crippen MR) is 61.7 cm³/mol. The Morgan fingerprint density at radius 3 is 2.93 bits per heavy atom. The maximum Gasteiger partial charge on any atom is 0.318 e. The van der Waals surface area contributed by atoms with Gasteiger partial charge in [-0.25, -0.2) is 0 Å². The standard InChI is InChI=1S/C11H13NO2S/c1-6-3-4-8-10(7(6)2)12-5-9(15-8)11(13)14/h3-4,9,12H,5H2,1-2H3,(H,13,14). The number of thioether (sulfide) groups is 1. The molecule has 0 bridgehead atoms. The molecule has 2 N–H and O–H groups in total. The fraction of sp³-hybridized carbons (Fsp3) is 0.364. The highest BCUT2D eigenvalue weighted by atomic mass is 32.2. The summed E-state index contributed by atoms with van der Waals surface area (Å²) in [4.78, 5) is 11.9. The minimum atomic E-state index is -0.753. The molecule has 0 amide bonds. The molecule has 0 spiro atoms. The third-order valence-electron chi connectivity index (χ3n) is 2.71. The molecule has 1 atom stereocenters. The van der Waals surface area contributed by atoms with Crippen molar-refractivity contribution in [1.29, 1.82) is 0 Å². The largest absolute Gasteiger partial charge is 0.480 e. The molecular formula is C11H13NO2S. The van der Waals surface area contributed by atoms with Gasteiger partial charge in [-0.2, -0.15) is 0 Å². The fourth-order valence-electron chi connectivity index (χ4n) is 1.64. The zero-order valence-corrected chi connectivity index (χ0v) is 9.52. The number of fused-ring (bicyclic) bond motifs is 1. The van der Waals surface area contributed by atoms with Crippen LogP contribution < -0.4 is 5.32 Å². The van der Waals surface area contributed by atoms with Crippen molar-refractivity contribution < 1.29 is 9.90 Å². The molecule has 1 aromatic rings. The molecule has 4 heteroatoms. The molecule has 1 heterocycles. The van der Waals surface area contributed by atoms with Crippen molar-refractivity contribution in [1.82, 2.24) is 0 Å². The molecule has 2 rings (SSSR count). The first kappa shape index (κ1) is 10.4. The van der Waals surface area contributed by atoms with Crippen molar-refractivity contribution in [3.8, 4) is 0 Å². The predicted octanol–water partition coefficient (Wildman–Crippen LogP) is 2.27. The van der Waals surface area contributed by atoms with E-state index in [0.29, 0.717) is 6.54 Å². The van der Waals surface area contributed by atoms with Crippen molar-refractivity contribution in [2.24, 2.45) is 0 Å². The molecule has 0 aliphatic carbocycles. The Balaban J connectivity index is 2.36. The highest BCUT2D eigenvalue weighted by Gasteiger charge is 2.25. The van der Waals surface area contributed by atoms with Crippen LogP contribution >= 0.6 is 11.8 Å². The Kier molecular flexibility index (Phi) is 2.61. The van der Waals surface area contributed by atoms with E-state index in [-0.39, 0.29) is 5.25 Å². The maximum absolute atomic E-state index is 10.9. The number of aliphatic carboxylic acids is 1. The molecule has 1 aliphatic rings. The van der Waals surface area contributed by atoms with Crippen LogP contribution in [0, 0.1) is 13.8 Å². The number of hydrogen-bond donors (Lipinski definition) is 2. The Morgan fingerprint density at radius 1 is 1.53 bits per heavy atom. The third-order valence-corrected chi connectivity index (χ3v) is 3.95. The lowest BCUT2D eigenvalue weighted by Crippen LogP contribution is -2.29. The summed E-state index contributed by atoms with van der Waals surface area (Å²) in [5, 5.41) is 11.8. The molecule has 80 valence electrons. The lowest BCUT2D eigenvalue weighted by Gasteiger charge is -2.25. The minimum absolute atomic E-state index is 0.375. The number of nitrogens with one attached hydrogen (secondary N) is 1. The topological polar surface area (TPSA) is 49.3 Å². The van der Waals surface area contributed by atoms with E-state index in [1.165, 1.54) is 22.9 Å². The van der Waals surface area contributed by atoms with E-state index in [0.717, 1.165) is 10.6 Å². The minimum Gasteiger partial charge on any atom is -0.480 e. The summed E-state index contributed by atoms with van der Waals surface area (Å²) < 4.78 is 0. The number of aryl methyl sites for hydroxylation is 1. The van der Waals surface area contributed by atoms with Crippen LogP contribution in [0.3, 0.4) is 0 Å². The van der Waals surface area contributed by atoms with E-state index in [2.05, 4.69) is 19.2 Å². The van der Waals surface area contributed by atoms with Crippen LogP contribution in [-0.4, -0.2) is 22.9 Å². The van der Waals surface area contributed by atoms with E-state index in [1.54, 1.807) is 0 Å². The first-order chi connectivity index (χ1) is 7.09. The molecule has 0 aromatic heterocycles. The Hall–Kier alpha value is -1.16. The first-order valence-electron chi connectivity index (χ1n) is 4.83. The first-order valence-corrected chi connectivity index (χ1v) is 5.71. The van der Waals surface area contributed by atoms with Crippen LogP contribution in [0.15, 0.2) is 17.0 Å². The Morgan fingerprint density at radius 2 is 2.27 bits per heavy atom. The van der Waals surface area contributed by atoms with Gasteiger partial charge in [0.15, 0.2) is 0 Å². The lowest BCUT2D eigenvalue weighted by atomic mass is 10.1. The third kappa shape index (κ3) is 1.81. The second-order valence-electron chi connectivity index (χ2n) is 3.71. The number of benzene rings is 1. The molecule has 1 aromatic carbocycles. The summed E-state index contributed by atoms with van der Waals surface area (Å²) in [7, 11) is 0. The molecule has 1 aliphatic heterocycles. The number of carbonyl (C=O) groups is 1. The van der Waals surface area contributed by atoms with Crippen LogP contribution in [0.2, 0.25) is 0 Å². The smallest absolute Gasteiger partial charge is 0.318 e. The van der Waals surface area contributed by atoms with E-state index in [4.69, 9.17) is 5.11 Å². The number of rotatable bonds is 1. The van der Waals surface area contributed by atoms with Crippen molar-refractivity contribution >= 4 is 23.4 Å². The van der Waals surface area contributed by atoms with Crippen LogP contribution in [-0.2, 0) is 4.79 Å². The maximum atomic E-state index is 10.9. The van der Waals surface area contributed by atoms with Gasteiger partial charge in [0.1, 0.15) is 5.25 Å². The van der Waals surface area contributed by atoms with E-state index in [1.807, 2.05) is 12.1 Å². The number of hydrogen-bond acceptors (Lipinski definition) is 3. The van der Waals surface area contributed by atoms with E-state index >= 15 is 0 Å². The summed E-state index contributed by atoms with van der Waals surface area (Å²) in [6, 6.07) is 4.03. The van der Waals surface area contributed by atoms with E-state index in [9.17, 15) is 4.79 Å². The summed E-state index contributed by atoms with van der Waals surface area (Å²) in [6.07, 6.45) is 0. The molecule has 0 saturated heterocycles. The monoisotopic (exact) mass is 223 g/mol. The normalized spacial score (nSPS) is 19.2. The SMILES string of the molecule is Cc1ccc2c(c1C)NCC(C(=O)O)S2. The van der Waals surface area contributed by atoms with Gasteiger partial charge in [-0.1, -0.05) is 6.07 Å². The van der Waals surface area contributed by atoms with Gasteiger partial charge in [-0.3, -0.25) is 4.79 Å². The average molecular weight is 223 g/mol. The van der Waals surface area contributed by atoms with Gasteiger partial charge in [-0.15, -0.1) is 11.8 Å². The average Bonchev–Trinajstić information content (AvgIpc) is 2.23. The van der Waals surface area contributed by atoms with Crippen molar-refractivity contribution in [2.75, 3.05) is 11.9 Å². The molecule has 15 heavy (non-hydrogen) atoms. The van der Waals surface area contributed by atoms with Gasteiger partial charge in [0.05, 0.1) is 5.69 Å². The molecule has 0 fully saturated rings. The fourth-order valence-corrected chi connectivity index (χ4v) is 2.70. The summed E-state index contributed by atoms with van der Waals surface area (Å²) >= 11 is 1.43. The Bertz CT molecular complexity index is 417. The zero-order chi connectivity index (χ0) is 11.0. The number of anilines is 1. The van der Waals surface area contributed by atoms with Gasteiger partial charge in [-0.05, 0) is 31.0 Å². The molecule has 3 nitrogen and oxygen atoms in total. The van der Waals surface area contributed by atoms with Crippen molar-refractivity contribution in [2.45, 2.75) is 24.0 Å². The molecular weight excluding hydrogens is 210 g/mol.